The molecule has 3 rings (SSSR count). The number of nitrogens with one attached hydrogen (secondary N) is 1. The Hall–Kier alpha value is -2.99. The molecule has 25 heavy (non-hydrogen) atoms. The molecule has 0 unspecified atom stereocenters. The summed E-state index contributed by atoms with van der Waals surface area (Å²) in [6.45, 7) is 0.0671. The van der Waals surface area contributed by atoms with E-state index in [0.717, 1.165) is 0 Å². The lowest BCUT2D eigenvalue weighted by atomic mass is 10.3. The number of anilines is 1. The maximum Gasteiger partial charge on any atom is 0.274 e. The second kappa shape index (κ2) is 7.72. The van der Waals surface area contributed by atoms with Gasteiger partial charge in [-0.3, -0.25) is 4.79 Å². The third-order valence-corrected chi connectivity index (χ3v) is 3.77. The maximum atomic E-state index is 12.5. The SMILES string of the molecule is COc1cccc(NC(=O)c2ccnn2COc2ccccc2Cl)c1. The number of carbonyl (C=O) groups is 1. The Bertz CT molecular complexity index is 879. The van der Waals surface area contributed by atoms with Gasteiger partial charge in [0.2, 0.25) is 0 Å². The number of carbonyl (C=O) groups excluding carboxylic acids is 1. The van der Waals surface area contributed by atoms with Crippen molar-refractivity contribution >= 4 is 23.2 Å². The summed E-state index contributed by atoms with van der Waals surface area (Å²) in [6, 6.07) is 15.9. The van der Waals surface area contributed by atoms with Crippen molar-refractivity contribution in [2.75, 3.05) is 12.4 Å². The number of rotatable bonds is 6. The van der Waals surface area contributed by atoms with Crippen LogP contribution in [0.25, 0.3) is 0 Å². The standard InChI is InChI=1S/C18H16ClN3O3/c1-24-14-6-4-5-13(11-14)21-18(23)16-9-10-20-22(16)12-25-17-8-3-2-7-15(17)19/h2-11H,12H2,1H3,(H,21,23). The van der Waals surface area contributed by atoms with Crippen LogP contribution in [0.5, 0.6) is 11.5 Å². The topological polar surface area (TPSA) is 65.4 Å². The van der Waals surface area contributed by atoms with Crippen LogP contribution in [-0.4, -0.2) is 22.8 Å². The molecule has 6 nitrogen and oxygen atoms in total. The van der Waals surface area contributed by atoms with Gasteiger partial charge in [-0.25, -0.2) is 4.68 Å². The van der Waals surface area contributed by atoms with Crippen molar-refractivity contribution in [1.82, 2.24) is 9.78 Å². The molecular weight excluding hydrogens is 342 g/mol. The quantitative estimate of drug-likeness (QED) is 0.728. The van der Waals surface area contributed by atoms with Gasteiger partial charge in [-0.2, -0.15) is 5.10 Å². The van der Waals surface area contributed by atoms with Crippen LogP contribution in [0.15, 0.2) is 60.8 Å². The zero-order valence-electron chi connectivity index (χ0n) is 13.5. The van der Waals surface area contributed by atoms with E-state index in [2.05, 4.69) is 10.4 Å². The summed E-state index contributed by atoms with van der Waals surface area (Å²) in [5, 5.41) is 7.43. The average molecular weight is 358 g/mol. The minimum atomic E-state index is -0.298. The molecule has 0 aliphatic heterocycles. The normalized spacial score (nSPS) is 10.3. The number of aromatic nitrogens is 2. The summed E-state index contributed by atoms with van der Waals surface area (Å²) in [4.78, 5) is 12.5. The van der Waals surface area contributed by atoms with Gasteiger partial charge in [-0.15, -0.1) is 0 Å². The minimum Gasteiger partial charge on any atom is -0.497 e. The van der Waals surface area contributed by atoms with E-state index in [1.54, 1.807) is 49.6 Å². The van der Waals surface area contributed by atoms with E-state index < -0.39 is 0 Å². The fraction of sp³-hybridized carbons (Fsp3) is 0.111. The van der Waals surface area contributed by atoms with Gasteiger partial charge < -0.3 is 14.8 Å². The molecule has 0 saturated heterocycles. The van der Waals surface area contributed by atoms with Crippen molar-refractivity contribution in [3.8, 4) is 11.5 Å². The van der Waals surface area contributed by atoms with Gasteiger partial charge >= 0.3 is 0 Å². The summed E-state index contributed by atoms with van der Waals surface area (Å²) >= 11 is 6.06. The third kappa shape index (κ3) is 4.10. The number of amides is 1. The van der Waals surface area contributed by atoms with Crippen molar-refractivity contribution in [3.05, 3.63) is 71.5 Å². The van der Waals surface area contributed by atoms with Gasteiger partial charge in [0, 0.05) is 18.0 Å². The Morgan fingerprint density at radius 2 is 2.04 bits per heavy atom. The molecule has 1 heterocycles. The molecule has 0 saturated carbocycles. The maximum absolute atomic E-state index is 12.5. The lowest BCUT2D eigenvalue weighted by molar-refractivity contribution is 0.100. The van der Waals surface area contributed by atoms with Gasteiger partial charge in [-0.05, 0) is 30.3 Å². The van der Waals surface area contributed by atoms with E-state index in [9.17, 15) is 4.79 Å². The molecule has 1 amide bonds. The number of para-hydroxylation sites is 1. The van der Waals surface area contributed by atoms with Crippen LogP contribution in [0.2, 0.25) is 5.02 Å². The number of halogens is 1. The van der Waals surface area contributed by atoms with Crippen LogP contribution in [0, 0.1) is 0 Å². The number of hydrogen-bond donors (Lipinski definition) is 1. The molecule has 0 aliphatic carbocycles. The zero-order chi connectivity index (χ0) is 17.6. The lowest BCUT2D eigenvalue weighted by Crippen LogP contribution is -2.19. The summed E-state index contributed by atoms with van der Waals surface area (Å²) in [7, 11) is 1.57. The van der Waals surface area contributed by atoms with Crippen LogP contribution >= 0.6 is 11.6 Å². The zero-order valence-corrected chi connectivity index (χ0v) is 14.2. The molecule has 1 aromatic heterocycles. The minimum absolute atomic E-state index is 0.0671. The van der Waals surface area contributed by atoms with Crippen molar-refractivity contribution in [2.45, 2.75) is 6.73 Å². The van der Waals surface area contributed by atoms with E-state index in [1.165, 1.54) is 10.9 Å². The summed E-state index contributed by atoms with van der Waals surface area (Å²) in [5.74, 6) is 0.890. The van der Waals surface area contributed by atoms with E-state index in [1.807, 2.05) is 12.1 Å². The molecule has 2 aromatic carbocycles. The molecule has 3 aromatic rings. The Morgan fingerprint density at radius 3 is 2.84 bits per heavy atom. The highest BCUT2D eigenvalue weighted by atomic mass is 35.5. The fourth-order valence-corrected chi connectivity index (χ4v) is 2.41. The molecule has 0 aliphatic rings. The molecule has 7 heteroatoms. The smallest absolute Gasteiger partial charge is 0.274 e. The monoisotopic (exact) mass is 357 g/mol. The first kappa shape index (κ1) is 16.9. The van der Waals surface area contributed by atoms with Crippen molar-refractivity contribution in [2.24, 2.45) is 0 Å². The number of hydrogen-bond acceptors (Lipinski definition) is 4. The fourth-order valence-electron chi connectivity index (χ4n) is 2.22. The van der Waals surface area contributed by atoms with E-state index in [4.69, 9.17) is 21.1 Å². The van der Waals surface area contributed by atoms with Crippen LogP contribution in [0.4, 0.5) is 5.69 Å². The first-order chi connectivity index (χ1) is 12.2. The summed E-state index contributed by atoms with van der Waals surface area (Å²) < 4.78 is 12.2. The van der Waals surface area contributed by atoms with Gasteiger partial charge in [0.1, 0.15) is 17.2 Å². The number of benzene rings is 2. The van der Waals surface area contributed by atoms with Crippen LogP contribution < -0.4 is 14.8 Å². The van der Waals surface area contributed by atoms with E-state index >= 15 is 0 Å². The Kier molecular flexibility index (Phi) is 5.20. The number of ether oxygens (including phenoxy) is 2. The Labute approximate surface area is 149 Å². The van der Waals surface area contributed by atoms with Crippen LogP contribution in [-0.2, 0) is 6.73 Å². The van der Waals surface area contributed by atoms with E-state index in [0.29, 0.717) is 27.9 Å². The first-order valence-electron chi connectivity index (χ1n) is 7.52. The van der Waals surface area contributed by atoms with Crippen molar-refractivity contribution in [3.63, 3.8) is 0 Å². The molecule has 0 fully saturated rings. The predicted octanol–water partition coefficient (Wildman–Crippen LogP) is 3.83. The average Bonchev–Trinajstić information content (AvgIpc) is 3.10. The van der Waals surface area contributed by atoms with Gasteiger partial charge in [0.15, 0.2) is 6.73 Å². The third-order valence-electron chi connectivity index (χ3n) is 3.46. The predicted molar refractivity (Wildman–Crippen MR) is 95.3 cm³/mol. The molecular formula is C18H16ClN3O3. The summed E-state index contributed by atoms with van der Waals surface area (Å²) in [6.07, 6.45) is 1.54. The van der Waals surface area contributed by atoms with Gasteiger partial charge in [0.25, 0.3) is 5.91 Å². The molecule has 128 valence electrons. The van der Waals surface area contributed by atoms with Crippen LogP contribution in [0.1, 0.15) is 10.5 Å². The Morgan fingerprint density at radius 1 is 1.20 bits per heavy atom. The van der Waals surface area contributed by atoms with Crippen molar-refractivity contribution < 1.29 is 14.3 Å². The first-order valence-corrected chi connectivity index (χ1v) is 7.90. The molecule has 0 radical (unpaired) electrons. The lowest BCUT2D eigenvalue weighted by Gasteiger charge is -2.11. The van der Waals surface area contributed by atoms with Gasteiger partial charge in [0.05, 0.1) is 12.1 Å². The number of nitrogens with zero attached hydrogens (tertiary/aromatic N) is 2. The van der Waals surface area contributed by atoms with Gasteiger partial charge in [-0.1, -0.05) is 29.8 Å². The van der Waals surface area contributed by atoms with Crippen molar-refractivity contribution in [1.29, 1.82) is 0 Å². The van der Waals surface area contributed by atoms with E-state index in [-0.39, 0.29) is 12.6 Å². The molecule has 1 N–H and O–H groups in total. The number of methoxy groups -OCH3 is 1. The Balaban J connectivity index is 1.70. The van der Waals surface area contributed by atoms with Crippen LogP contribution in [0.3, 0.4) is 0 Å². The second-order valence-electron chi connectivity index (χ2n) is 5.11. The highest BCUT2D eigenvalue weighted by Gasteiger charge is 2.13. The highest BCUT2D eigenvalue weighted by Crippen LogP contribution is 2.23. The molecule has 0 atom stereocenters. The largest absolute Gasteiger partial charge is 0.497 e. The highest BCUT2D eigenvalue weighted by molar-refractivity contribution is 6.32. The molecule has 0 spiro atoms. The molecule has 0 bridgehead atoms. The second-order valence-corrected chi connectivity index (χ2v) is 5.51. The summed E-state index contributed by atoms with van der Waals surface area (Å²) in [5.41, 5.74) is 0.999.